The van der Waals surface area contributed by atoms with Crippen LogP contribution in [0.25, 0.3) is 44.3 Å². The summed E-state index contributed by atoms with van der Waals surface area (Å²) in [6, 6.07) is 64.3. The predicted octanol–water partition coefficient (Wildman–Crippen LogP) is 15.4. The van der Waals surface area contributed by atoms with E-state index in [1.54, 1.807) is 58.6 Å². The molecule has 0 unspecified atom stereocenters. The third kappa shape index (κ3) is 19.8. The lowest BCUT2D eigenvalue weighted by atomic mass is 9.84. The summed E-state index contributed by atoms with van der Waals surface area (Å²) in [5.41, 5.74) is 10.5. The Hall–Kier alpha value is -11.8. The van der Waals surface area contributed by atoms with Crippen LogP contribution in [0.1, 0.15) is 126 Å². The van der Waals surface area contributed by atoms with E-state index in [9.17, 15) is 47.9 Å². The van der Waals surface area contributed by atoms with Gasteiger partial charge in [0.05, 0.1) is 36.9 Å². The van der Waals surface area contributed by atoms with Crippen molar-refractivity contribution in [3.63, 3.8) is 0 Å². The number of aromatic amines is 2. The van der Waals surface area contributed by atoms with Crippen molar-refractivity contribution in [3.8, 4) is 22.5 Å². The van der Waals surface area contributed by atoms with Crippen LogP contribution < -0.4 is 21.3 Å². The van der Waals surface area contributed by atoms with E-state index in [0.29, 0.717) is 91.3 Å². The van der Waals surface area contributed by atoms with E-state index in [2.05, 4.69) is 31.2 Å². The Morgan fingerprint density at radius 2 is 0.685 bits per heavy atom. The van der Waals surface area contributed by atoms with Crippen LogP contribution in [-0.4, -0.2) is 138 Å². The summed E-state index contributed by atoms with van der Waals surface area (Å²) in [7, 11) is 0. The number of H-pyrrole nitrogens is 2. The largest absolute Gasteiger partial charge is 0.355 e. The number of likely N-dealkylation sites (tertiary alicyclic amines) is 4. The number of aromatic nitrogens is 2. The summed E-state index contributed by atoms with van der Waals surface area (Å²) in [6.45, 7) is 13.2. The third-order valence-electron chi connectivity index (χ3n) is 20.7. The molecule has 14 rings (SSSR count). The molecule has 6 heterocycles. The SMILES string of the molecule is CC(C)(C)C(=O)Cl.CC(C)(C)C(=O)c1c(-c2ccc(NC(=O)[C@@H]3CCCN3C(=O)Cc3ccccc3)cc2)[nH]c2ccc(NC(=O)[C@@H]3CCCN3C(=O)Cc3ccccc3)cc12.O=C(Nc1ccc(-c2cc3cc(NC(=O)[C@@H]4CCCN4C(=O)Cc4ccccc4)ccc3[nH]2)cc1)[C@@H]1CCCN1C(=O)Cc1ccccc1. The number of benzene rings is 8. The average molecular weight is 1510 g/mol. The highest BCUT2D eigenvalue weighted by Gasteiger charge is 2.39. The molecule has 4 aliphatic rings. The number of anilines is 4. The number of carbonyl (C=O) groups excluding carboxylic acids is 10. The number of rotatable bonds is 19. The lowest BCUT2D eigenvalue weighted by Crippen LogP contribution is -2.43. The molecule has 4 aliphatic heterocycles. The normalized spacial score (nSPS) is 16.8. The average Bonchev–Trinajstić information content (AvgIpc) is 1.61. The van der Waals surface area contributed by atoms with Crippen molar-refractivity contribution in [2.45, 2.75) is 143 Å². The molecule has 4 fully saturated rings. The second-order valence-corrected chi connectivity index (χ2v) is 31.3. The Morgan fingerprint density at radius 1 is 0.369 bits per heavy atom. The summed E-state index contributed by atoms with van der Waals surface area (Å²) in [6.07, 6.45) is 6.65. The number of fused-ring (bicyclic) bond motifs is 2. The summed E-state index contributed by atoms with van der Waals surface area (Å²) in [4.78, 5) is 144. The summed E-state index contributed by atoms with van der Waals surface area (Å²) < 4.78 is 0. The van der Waals surface area contributed by atoms with Crippen molar-refractivity contribution < 1.29 is 47.9 Å². The quantitative estimate of drug-likeness (QED) is 0.0329. The second-order valence-electron chi connectivity index (χ2n) is 31.0. The number of nitrogens with one attached hydrogen (secondary N) is 6. The van der Waals surface area contributed by atoms with Crippen molar-refractivity contribution in [2.75, 3.05) is 47.4 Å². The Bertz CT molecular complexity index is 5030. The number of halogens is 1. The van der Waals surface area contributed by atoms with Gasteiger partial charge < -0.3 is 50.8 Å². The smallest absolute Gasteiger partial charge is 0.247 e. The molecule has 20 nitrogen and oxygen atoms in total. The molecule has 0 radical (unpaired) electrons. The number of amides is 8. The highest BCUT2D eigenvalue weighted by Crippen LogP contribution is 2.38. The first-order valence-corrected chi connectivity index (χ1v) is 38.5. The van der Waals surface area contributed by atoms with E-state index in [1.165, 1.54) is 0 Å². The van der Waals surface area contributed by atoms with Crippen molar-refractivity contribution in [1.29, 1.82) is 0 Å². The first-order valence-electron chi connectivity index (χ1n) is 38.1. The van der Waals surface area contributed by atoms with Gasteiger partial charge >= 0.3 is 0 Å². The minimum Gasteiger partial charge on any atom is -0.355 e. The first-order chi connectivity index (χ1) is 53.3. The van der Waals surface area contributed by atoms with Crippen LogP contribution in [0, 0.1) is 10.8 Å². The monoisotopic (exact) mass is 1510 g/mol. The van der Waals surface area contributed by atoms with Gasteiger partial charge in [0.15, 0.2) is 5.78 Å². The van der Waals surface area contributed by atoms with E-state index in [1.807, 2.05) is 215 Å². The lowest BCUT2D eigenvalue weighted by Gasteiger charge is -2.24. The standard InChI is InChI=1S/C45H47N5O5.C40H39N5O4.C5H9ClO/c1-45(2,3)42(53)40-34-28-33(47-44(55)37-17-11-25-50(37)39(52)27-30-14-8-5-9-15-30)22-23-35(34)48-41(40)31-18-20-32(21-19-31)46-43(54)36-16-10-24-49(36)38(51)26-29-12-6-4-7-13-29;46-37(23-27-9-3-1-4-10-27)44-21-7-13-35(44)39(48)41-31-17-15-29(16-18-31)34-26-30-25-32(19-20-33(30)43-34)42-40(49)36-14-8-22-45(36)38(47)24-28-11-5-2-6-12-28;1-5(2,3)4(6)7/h4-9,12-15,18-23,28,36-37,48H,10-11,16-17,24-27H2,1-3H3,(H,46,54)(H,47,55);1-6,9-12,15-20,25-26,35-36,43H,7-8,13-14,21-24H2,(H,41,48)(H,42,49);1-3H3/t36-,37-;35-,36-;/m00./s1. The predicted molar refractivity (Wildman–Crippen MR) is 436 cm³/mol. The summed E-state index contributed by atoms with van der Waals surface area (Å²) in [5.74, 6) is -1.09. The maximum atomic E-state index is 14.1. The number of Topliss-reactive ketones (excluding diaryl/α,β-unsaturated/α-hetero) is 1. The molecule has 8 amide bonds. The molecule has 6 N–H and O–H groups in total. The number of carbonyl (C=O) groups is 10. The zero-order valence-electron chi connectivity index (χ0n) is 63.6. The number of hydrogen-bond donors (Lipinski definition) is 6. The highest BCUT2D eigenvalue weighted by molar-refractivity contribution is 6.64. The van der Waals surface area contributed by atoms with Gasteiger partial charge in [-0.15, -0.1) is 0 Å². The molecule has 0 aliphatic carbocycles. The highest BCUT2D eigenvalue weighted by atomic mass is 35.5. The van der Waals surface area contributed by atoms with Crippen LogP contribution >= 0.6 is 11.6 Å². The molecule has 4 atom stereocenters. The minimum atomic E-state index is -0.703. The van der Waals surface area contributed by atoms with Crippen LogP contribution in [0.3, 0.4) is 0 Å². The van der Waals surface area contributed by atoms with Gasteiger partial charge in [0.25, 0.3) is 0 Å². The molecule has 0 saturated carbocycles. The molecule has 21 heteroatoms. The van der Waals surface area contributed by atoms with E-state index in [4.69, 9.17) is 11.6 Å². The van der Waals surface area contributed by atoms with Gasteiger partial charge in [0, 0.05) is 87.3 Å². The van der Waals surface area contributed by atoms with Gasteiger partial charge in [-0.3, -0.25) is 47.9 Å². The topological polar surface area (TPSA) is 263 Å². The van der Waals surface area contributed by atoms with Crippen molar-refractivity contribution in [2.24, 2.45) is 10.8 Å². The van der Waals surface area contributed by atoms with Gasteiger partial charge in [-0.05, 0) is 163 Å². The van der Waals surface area contributed by atoms with E-state index >= 15 is 0 Å². The van der Waals surface area contributed by atoms with Gasteiger partial charge in [-0.2, -0.15) is 0 Å². The summed E-state index contributed by atoms with van der Waals surface area (Å²) >= 11 is 5.11. The maximum Gasteiger partial charge on any atom is 0.247 e. The minimum absolute atomic E-state index is 0.0322. The molecule has 0 bridgehead atoms. The molecule has 0 spiro atoms. The lowest BCUT2D eigenvalue weighted by molar-refractivity contribution is -0.136. The number of nitrogens with zero attached hydrogens (tertiary/aromatic N) is 4. The van der Waals surface area contributed by atoms with Crippen LogP contribution in [-0.2, 0) is 68.8 Å². The van der Waals surface area contributed by atoms with Crippen molar-refractivity contribution in [3.05, 3.63) is 240 Å². The van der Waals surface area contributed by atoms with E-state index in [-0.39, 0.29) is 89.4 Å². The number of ketones is 1. The fourth-order valence-electron chi connectivity index (χ4n) is 14.7. The molecule has 10 aromatic rings. The van der Waals surface area contributed by atoms with Gasteiger partial charge in [0.1, 0.15) is 24.2 Å². The first kappa shape index (κ1) is 78.8. The van der Waals surface area contributed by atoms with Crippen LogP contribution in [0.2, 0.25) is 0 Å². The molecular weight excluding hydrogens is 1420 g/mol. The Balaban J connectivity index is 0.000000191. The van der Waals surface area contributed by atoms with Crippen LogP contribution in [0.15, 0.2) is 212 Å². The second kappa shape index (κ2) is 35.3. The zero-order chi connectivity index (χ0) is 78.5. The summed E-state index contributed by atoms with van der Waals surface area (Å²) in [5, 5.41) is 13.4. The third-order valence-corrected chi connectivity index (χ3v) is 21.2. The number of hydrogen-bond acceptors (Lipinski definition) is 10. The fourth-order valence-corrected chi connectivity index (χ4v) is 14.7. The molecule has 572 valence electrons. The van der Waals surface area contributed by atoms with Crippen LogP contribution in [0.5, 0.6) is 0 Å². The van der Waals surface area contributed by atoms with Gasteiger partial charge in [-0.25, -0.2) is 0 Å². The van der Waals surface area contributed by atoms with Gasteiger partial charge in [0.2, 0.25) is 52.5 Å². The van der Waals surface area contributed by atoms with E-state index in [0.717, 1.165) is 81.2 Å². The molecule has 8 aromatic carbocycles. The van der Waals surface area contributed by atoms with E-state index < -0.39 is 29.6 Å². The Morgan fingerprint density at radius 3 is 1.03 bits per heavy atom. The van der Waals surface area contributed by atoms with Crippen molar-refractivity contribution in [1.82, 2.24) is 29.6 Å². The molecule has 111 heavy (non-hydrogen) atoms. The van der Waals surface area contributed by atoms with Crippen LogP contribution in [0.4, 0.5) is 22.7 Å². The zero-order valence-corrected chi connectivity index (χ0v) is 64.3. The molecule has 4 saturated heterocycles. The van der Waals surface area contributed by atoms with Crippen molar-refractivity contribution >= 4 is 114 Å². The van der Waals surface area contributed by atoms with Gasteiger partial charge in [-0.1, -0.05) is 187 Å². The maximum absolute atomic E-state index is 14.1. The molecule has 2 aromatic heterocycles. The Labute approximate surface area is 652 Å². The Kier molecular flexibility index (Phi) is 25.0. The fraction of sp³-hybridized carbons (Fsp3) is 0.311. The molecular formula is C90H95ClN10O10.